The Kier molecular flexibility index (Phi) is 5.00. The van der Waals surface area contributed by atoms with Crippen LogP contribution in [0.2, 0.25) is 0 Å². The maximum Gasteiger partial charge on any atom is 0.223 e. The van der Waals surface area contributed by atoms with Gasteiger partial charge in [0.1, 0.15) is 0 Å². The number of hydrogen-bond acceptors (Lipinski definition) is 2. The van der Waals surface area contributed by atoms with E-state index in [1.807, 2.05) is 0 Å². The number of hydrogen-bond donors (Lipinski definition) is 2. The predicted molar refractivity (Wildman–Crippen MR) is 68.4 cm³/mol. The zero-order valence-electron chi connectivity index (χ0n) is 11.0. The van der Waals surface area contributed by atoms with Crippen LogP contribution in [0.1, 0.15) is 24.8 Å². The molecule has 2 N–H and O–H groups in total. The first-order valence-electron chi connectivity index (χ1n) is 6.70. The topological polar surface area (TPSA) is 41.1 Å². The van der Waals surface area contributed by atoms with Gasteiger partial charge in [-0.15, -0.1) is 0 Å². The zero-order valence-corrected chi connectivity index (χ0v) is 11.0. The first-order valence-corrected chi connectivity index (χ1v) is 6.70. The molecule has 20 heavy (non-hydrogen) atoms. The maximum absolute atomic E-state index is 13.0. The molecular weight excluding hydrogens is 269 g/mol. The molecule has 1 aromatic rings. The summed E-state index contributed by atoms with van der Waals surface area (Å²) in [5.74, 6) is -4.19. The van der Waals surface area contributed by atoms with Crippen LogP contribution in [0.25, 0.3) is 0 Å². The molecule has 110 valence electrons. The quantitative estimate of drug-likeness (QED) is 0.836. The van der Waals surface area contributed by atoms with Crippen LogP contribution < -0.4 is 10.6 Å². The van der Waals surface area contributed by atoms with Crippen molar-refractivity contribution >= 4 is 5.91 Å². The van der Waals surface area contributed by atoms with Crippen LogP contribution in [-0.4, -0.2) is 19.0 Å². The van der Waals surface area contributed by atoms with Crippen molar-refractivity contribution in [3.63, 3.8) is 0 Å². The van der Waals surface area contributed by atoms with Crippen molar-refractivity contribution in [2.24, 2.45) is 5.92 Å². The number of benzene rings is 1. The zero-order chi connectivity index (χ0) is 14.5. The molecule has 6 heteroatoms. The first-order chi connectivity index (χ1) is 9.58. The molecule has 3 nitrogen and oxygen atoms in total. The van der Waals surface area contributed by atoms with Crippen molar-refractivity contribution in [2.45, 2.75) is 25.8 Å². The van der Waals surface area contributed by atoms with Crippen LogP contribution in [0.15, 0.2) is 12.1 Å². The largest absolute Gasteiger partial charge is 0.352 e. The van der Waals surface area contributed by atoms with Gasteiger partial charge < -0.3 is 10.6 Å². The van der Waals surface area contributed by atoms with E-state index in [-0.39, 0.29) is 23.9 Å². The summed E-state index contributed by atoms with van der Waals surface area (Å²) in [6.45, 7) is 1.69. The Hall–Kier alpha value is -1.56. The molecule has 1 aliphatic heterocycles. The summed E-state index contributed by atoms with van der Waals surface area (Å²) in [7, 11) is 0. The van der Waals surface area contributed by atoms with E-state index >= 15 is 0 Å². The fourth-order valence-corrected chi connectivity index (χ4v) is 2.32. The second-order valence-electron chi connectivity index (χ2n) is 4.97. The Labute approximate surface area is 115 Å². The van der Waals surface area contributed by atoms with Crippen LogP contribution in [0.3, 0.4) is 0 Å². The third-order valence-electron chi connectivity index (χ3n) is 3.46. The molecule has 0 aromatic heterocycles. The standard InChI is InChI=1S/C14H17F3N2O/c15-11-6-9(7-12(16)13(11)17)8-19-14(20)10-2-1-4-18-5-3-10/h6-7,10,18H,1-5,8H2,(H,19,20)/t10-/m1/s1. The highest BCUT2D eigenvalue weighted by molar-refractivity contribution is 5.78. The van der Waals surface area contributed by atoms with Crippen molar-refractivity contribution in [1.29, 1.82) is 0 Å². The first kappa shape index (κ1) is 14.8. The summed E-state index contributed by atoms with van der Waals surface area (Å²) in [5, 5.41) is 5.85. The van der Waals surface area contributed by atoms with E-state index in [0.29, 0.717) is 0 Å². The van der Waals surface area contributed by atoms with Gasteiger partial charge in [0.2, 0.25) is 5.91 Å². The highest BCUT2D eigenvalue weighted by Crippen LogP contribution is 2.15. The number of rotatable bonds is 3. The third-order valence-corrected chi connectivity index (χ3v) is 3.46. The minimum atomic E-state index is -1.49. The molecule has 0 saturated carbocycles. The minimum Gasteiger partial charge on any atom is -0.352 e. The fraction of sp³-hybridized carbons (Fsp3) is 0.500. The minimum absolute atomic E-state index is 0.00309. The van der Waals surface area contributed by atoms with E-state index in [0.717, 1.165) is 44.5 Å². The van der Waals surface area contributed by atoms with Crippen molar-refractivity contribution in [2.75, 3.05) is 13.1 Å². The Balaban J connectivity index is 1.92. The van der Waals surface area contributed by atoms with Gasteiger partial charge >= 0.3 is 0 Å². The van der Waals surface area contributed by atoms with Gasteiger partial charge in [-0.1, -0.05) is 0 Å². The average molecular weight is 286 g/mol. The monoisotopic (exact) mass is 286 g/mol. The highest BCUT2D eigenvalue weighted by Gasteiger charge is 2.19. The lowest BCUT2D eigenvalue weighted by Crippen LogP contribution is -2.31. The maximum atomic E-state index is 13.0. The molecule has 2 rings (SSSR count). The van der Waals surface area contributed by atoms with Crippen LogP contribution in [0.4, 0.5) is 13.2 Å². The number of amides is 1. The molecule has 0 bridgehead atoms. The molecule has 1 atom stereocenters. The second kappa shape index (κ2) is 6.74. The van der Waals surface area contributed by atoms with Crippen molar-refractivity contribution in [1.82, 2.24) is 10.6 Å². The lowest BCUT2D eigenvalue weighted by atomic mass is 10.00. The molecule has 1 heterocycles. The summed E-state index contributed by atoms with van der Waals surface area (Å²) in [4.78, 5) is 12.0. The van der Waals surface area contributed by atoms with E-state index in [4.69, 9.17) is 0 Å². The van der Waals surface area contributed by atoms with E-state index in [1.54, 1.807) is 0 Å². The van der Waals surface area contributed by atoms with E-state index < -0.39 is 17.5 Å². The summed E-state index contributed by atoms with van der Waals surface area (Å²) in [6, 6.07) is 1.79. The number of nitrogens with one attached hydrogen (secondary N) is 2. The molecule has 1 amide bonds. The second-order valence-corrected chi connectivity index (χ2v) is 4.97. The van der Waals surface area contributed by atoms with E-state index in [9.17, 15) is 18.0 Å². The summed E-state index contributed by atoms with van der Waals surface area (Å²) in [6.07, 6.45) is 2.47. The van der Waals surface area contributed by atoms with Gasteiger partial charge in [-0.3, -0.25) is 4.79 Å². The van der Waals surface area contributed by atoms with Gasteiger partial charge in [-0.25, -0.2) is 13.2 Å². The normalized spacial score (nSPS) is 19.4. The number of carbonyl (C=O) groups excluding carboxylic acids is 1. The van der Waals surface area contributed by atoms with Gasteiger partial charge in [-0.05, 0) is 50.0 Å². The number of carbonyl (C=O) groups is 1. The predicted octanol–water partition coefficient (Wildman–Crippen LogP) is 2.11. The van der Waals surface area contributed by atoms with Gasteiger partial charge in [0, 0.05) is 12.5 Å². The molecule has 0 radical (unpaired) electrons. The molecule has 1 aromatic carbocycles. The Morgan fingerprint density at radius 3 is 2.60 bits per heavy atom. The molecule has 0 unspecified atom stereocenters. The molecule has 1 aliphatic rings. The summed E-state index contributed by atoms with van der Waals surface area (Å²) in [5.41, 5.74) is 0.210. The smallest absolute Gasteiger partial charge is 0.223 e. The lowest BCUT2D eigenvalue weighted by Gasteiger charge is -2.14. The molecular formula is C14H17F3N2O. The average Bonchev–Trinajstić information content (AvgIpc) is 2.71. The van der Waals surface area contributed by atoms with Crippen molar-refractivity contribution < 1.29 is 18.0 Å². The van der Waals surface area contributed by atoms with Gasteiger partial charge in [0.05, 0.1) is 0 Å². The van der Waals surface area contributed by atoms with Crippen molar-refractivity contribution in [3.8, 4) is 0 Å². The van der Waals surface area contributed by atoms with Gasteiger partial charge in [0.25, 0.3) is 0 Å². The molecule has 1 saturated heterocycles. The van der Waals surface area contributed by atoms with Crippen LogP contribution in [0.5, 0.6) is 0 Å². The number of halogens is 3. The molecule has 0 aliphatic carbocycles. The Bertz CT molecular complexity index is 462. The van der Waals surface area contributed by atoms with E-state index in [1.165, 1.54) is 0 Å². The highest BCUT2D eigenvalue weighted by atomic mass is 19.2. The Morgan fingerprint density at radius 2 is 1.90 bits per heavy atom. The van der Waals surface area contributed by atoms with Gasteiger partial charge in [0.15, 0.2) is 17.5 Å². The summed E-state index contributed by atoms with van der Waals surface area (Å²) >= 11 is 0. The molecule has 1 fully saturated rings. The van der Waals surface area contributed by atoms with Gasteiger partial charge in [-0.2, -0.15) is 0 Å². The SMILES string of the molecule is O=C(NCc1cc(F)c(F)c(F)c1)[C@@H]1CCCNCC1. The van der Waals surface area contributed by atoms with E-state index in [2.05, 4.69) is 10.6 Å². The van der Waals surface area contributed by atoms with Crippen molar-refractivity contribution in [3.05, 3.63) is 35.1 Å². The van der Waals surface area contributed by atoms with Crippen LogP contribution in [-0.2, 0) is 11.3 Å². The van der Waals surface area contributed by atoms with Crippen LogP contribution in [0, 0.1) is 23.4 Å². The molecule has 0 spiro atoms. The van der Waals surface area contributed by atoms with Crippen LogP contribution >= 0.6 is 0 Å². The fourth-order valence-electron chi connectivity index (χ4n) is 2.32. The lowest BCUT2D eigenvalue weighted by molar-refractivity contribution is -0.125. The third kappa shape index (κ3) is 3.72. The summed E-state index contributed by atoms with van der Waals surface area (Å²) < 4.78 is 38.9. The Morgan fingerprint density at radius 1 is 1.20 bits per heavy atom.